The second-order valence-corrected chi connectivity index (χ2v) is 7.07. The van der Waals surface area contributed by atoms with Gasteiger partial charge in [0.15, 0.2) is 0 Å². The van der Waals surface area contributed by atoms with Gasteiger partial charge >= 0.3 is 0 Å². The minimum Gasteiger partial charge on any atom is -0.492 e. The molecule has 0 radical (unpaired) electrons. The van der Waals surface area contributed by atoms with Gasteiger partial charge in [-0.15, -0.1) is 0 Å². The van der Waals surface area contributed by atoms with Crippen LogP contribution in [0.1, 0.15) is 18.1 Å². The summed E-state index contributed by atoms with van der Waals surface area (Å²) in [5.74, 6) is 0.838. The van der Waals surface area contributed by atoms with Crippen LogP contribution in [0, 0.1) is 6.92 Å². The zero-order valence-corrected chi connectivity index (χ0v) is 14.8. The lowest BCUT2D eigenvalue weighted by Crippen LogP contribution is -2.28. The van der Waals surface area contributed by atoms with E-state index in [2.05, 4.69) is 4.90 Å². The van der Waals surface area contributed by atoms with Crippen LogP contribution in [0.5, 0.6) is 5.75 Å². The van der Waals surface area contributed by atoms with Gasteiger partial charge in [0.2, 0.25) is 0 Å². The van der Waals surface area contributed by atoms with Crippen LogP contribution in [0.2, 0.25) is 0 Å². The van der Waals surface area contributed by atoms with E-state index in [0.717, 1.165) is 24.4 Å². The van der Waals surface area contributed by atoms with Crippen molar-refractivity contribution in [3.05, 3.63) is 59.7 Å². The molecule has 6 heteroatoms. The Morgan fingerprint density at radius 1 is 1.12 bits per heavy atom. The summed E-state index contributed by atoms with van der Waals surface area (Å²) in [6, 6.07) is 14.3. The highest BCUT2D eigenvalue weighted by molar-refractivity contribution is 7.85. The molecule has 0 atom stereocenters. The van der Waals surface area contributed by atoms with E-state index in [0.29, 0.717) is 13.2 Å². The van der Waals surface area contributed by atoms with E-state index in [-0.39, 0.29) is 4.90 Å². The fourth-order valence-corrected chi connectivity index (χ4v) is 2.89. The summed E-state index contributed by atoms with van der Waals surface area (Å²) in [5, 5.41) is 0. The molecule has 2 aromatic carbocycles. The molecular formula is C18H23NO4S. The van der Waals surface area contributed by atoms with Crippen LogP contribution in [0.3, 0.4) is 0 Å². The molecule has 130 valence electrons. The average Bonchev–Trinajstić information content (AvgIpc) is 2.55. The monoisotopic (exact) mass is 349 g/mol. The molecule has 0 saturated carbocycles. The maximum Gasteiger partial charge on any atom is 0.294 e. The van der Waals surface area contributed by atoms with Crippen LogP contribution in [0.15, 0.2) is 53.4 Å². The van der Waals surface area contributed by atoms with Crippen LogP contribution in [-0.2, 0) is 16.7 Å². The van der Waals surface area contributed by atoms with Crippen LogP contribution >= 0.6 is 0 Å². The molecule has 0 aromatic heterocycles. The van der Waals surface area contributed by atoms with Gasteiger partial charge < -0.3 is 4.74 Å². The summed E-state index contributed by atoms with van der Waals surface area (Å²) in [4.78, 5) is 2.07. The van der Waals surface area contributed by atoms with E-state index < -0.39 is 10.1 Å². The molecule has 0 aliphatic carbocycles. The van der Waals surface area contributed by atoms with E-state index in [1.807, 2.05) is 44.2 Å². The molecular weight excluding hydrogens is 326 g/mol. The summed E-state index contributed by atoms with van der Waals surface area (Å²) in [5.41, 5.74) is 2.03. The number of aryl methyl sites for hydroxylation is 1. The Morgan fingerprint density at radius 3 is 2.46 bits per heavy atom. The molecule has 0 spiro atoms. The van der Waals surface area contributed by atoms with Gasteiger partial charge in [-0.25, -0.2) is 0 Å². The number of hydrogen-bond donors (Lipinski definition) is 1. The van der Waals surface area contributed by atoms with Gasteiger partial charge in [0.25, 0.3) is 10.1 Å². The third-order valence-electron chi connectivity index (χ3n) is 3.75. The summed E-state index contributed by atoms with van der Waals surface area (Å²) in [7, 11) is -4.17. The Bertz CT molecular complexity index is 757. The van der Waals surface area contributed by atoms with Crippen molar-refractivity contribution in [1.82, 2.24) is 4.90 Å². The number of likely N-dealkylation sites (N-methyl/N-ethyl adjacent to an activating group) is 1. The standard InChI is InChI=1S/C18H23NO4S/c1-3-19(11-12-23-17-9-7-15(2)8-10-17)14-16-5-4-6-18(13-16)24(20,21)22/h4-10,13H,3,11-12,14H2,1-2H3,(H,20,21,22). The molecule has 0 fully saturated rings. The highest BCUT2D eigenvalue weighted by atomic mass is 32.2. The van der Waals surface area contributed by atoms with E-state index in [9.17, 15) is 8.42 Å². The smallest absolute Gasteiger partial charge is 0.294 e. The first-order valence-corrected chi connectivity index (χ1v) is 9.30. The molecule has 0 unspecified atom stereocenters. The fraction of sp³-hybridized carbons (Fsp3) is 0.333. The molecule has 0 amide bonds. The number of ether oxygens (including phenoxy) is 1. The van der Waals surface area contributed by atoms with E-state index in [1.54, 1.807) is 6.07 Å². The van der Waals surface area contributed by atoms with Gasteiger partial charge in [-0.05, 0) is 43.3 Å². The molecule has 2 rings (SSSR count). The summed E-state index contributed by atoms with van der Waals surface area (Å²) < 4.78 is 37.3. The first kappa shape index (κ1) is 18.4. The van der Waals surface area contributed by atoms with Crippen LogP contribution in [0.25, 0.3) is 0 Å². The number of nitrogens with zero attached hydrogens (tertiary/aromatic N) is 1. The quantitative estimate of drug-likeness (QED) is 0.742. The van der Waals surface area contributed by atoms with Crippen molar-refractivity contribution >= 4 is 10.1 Å². The minimum atomic E-state index is -4.17. The topological polar surface area (TPSA) is 66.8 Å². The number of benzene rings is 2. The predicted molar refractivity (Wildman–Crippen MR) is 93.9 cm³/mol. The third-order valence-corrected chi connectivity index (χ3v) is 4.60. The predicted octanol–water partition coefficient (Wildman–Crippen LogP) is 3.14. The van der Waals surface area contributed by atoms with Crippen molar-refractivity contribution in [1.29, 1.82) is 0 Å². The lowest BCUT2D eigenvalue weighted by Gasteiger charge is -2.21. The molecule has 24 heavy (non-hydrogen) atoms. The van der Waals surface area contributed by atoms with Crippen molar-refractivity contribution < 1.29 is 17.7 Å². The van der Waals surface area contributed by atoms with E-state index >= 15 is 0 Å². The Kier molecular flexibility index (Phi) is 6.36. The SMILES string of the molecule is CCN(CCOc1ccc(C)cc1)Cc1cccc(S(=O)(=O)O)c1. The van der Waals surface area contributed by atoms with Gasteiger partial charge in [0, 0.05) is 13.1 Å². The molecule has 0 bridgehead atoms. The maximum atomic E-state index is 11.2. The van der Waals surface area contributed by atoms with Crippen LogP contribution in [-0.4, -0.2) is 37.6 Å². The van der Waals surface area contributed by atoms with Gasteiger partial charge in [-0.2, -0.15) is 8.42 Å². The zero-order chi connectivity index (χ0) is 17.6. The molecule has 1 N–H and O–H groups in total. The lowest BCUT2D eigenvalue weighted by atomic mass is 10.2. The van der Waals surface area contributed by atoms with Crippen molar-refractivity contribution in [3.63, 3.8) is 0 Å². The maximum absolute atomic E-state index is 11.2. The molecule has 0 aliphatic rings. The minimum absolute atomic E-state index is 0.0769. The highest BCUT2D eigenvalue weighted by Gasteiger charge is 2.11. The van der Waals surface area contributed by atoms with E-state index in [4.69, 9.17) is 9.29 Å². The summed E-state index contributed by atoms with van der Waals surface area (Å²) in [6.45, 7) is 6.75. The molecule has 0 heterocycles. The Hall–Kier alpha value is -1.89. The molecule has 0 aliphatic heterocycles. The van der Waals surface area contributed by atoms with Crippen molar-refractivity contribution in [2.75, 3.05) is 19.7 Å². The summed E-state index contributed by atoms with van der Waals surface area (Å²) in [6.07, 6.45) is 0. The van der Waals surface area contributed by atoms with Crippen molar-refractivity contribution in [3.8, 4) is 5.75 Å². The van der Waals surface area contributed by atoms with Gasteiger partial charge in [0.1, 0.15) is 12.4 Å². The van der Waals surface area contributed by atoms with Gasteiger partial charge in [-0.3, -0.25) is 9.45 Å². The number of hydrogen-bond acceptors (Lipinski definition) is 4. The summed E-state index contributed by atoms with van der Waals surface area (Å²) >= 11 is 0. The largest absolute Gasteiger partial charge is 0.492 e. The first-order chi connectivity index (χ1) is 11.4. The first-order valence-electron chi connectivity index (χ1n) is 7.86. The molecule has 5 nitrogen and oxygen atoms in total. The second kappa shape index (κ2) is 8.28. The molecule has 0 saturated heterocycles. The van der Waals surface area contributed by atoms with Crippen molar-refractivity contribution in [2.24, 2.45) is 0 Å². The normalized spacial score (nSPS) is 11.7. The van der Waals surface area contributed by atoms with Gasteiger partial charge in [0.05, 0.1) is 4.90 Å². The fourth-order valence-electron chi connectivity index (χ4n) is 2.34. The Balaban J connectivity index is 1.91. The van der Waals surface area contributed by atoms with E-state index in [1.165, 1.54) is 17.7 Å². The second-order valence-electron chi connectivity index (χ2n) is 5.65. The molecule has 2 aromatic rings. The average molecular weight is 349 g/mol. The Labute approximate surface area is 143 Å². The number of rotatable bonds is 8. The Morgan fingerprint density at radius 2 is 1.83 bits per heavy atom. The van der Waals surface area contributed by atoms with Crippen molar-refractivity contribution in [2.45, 2.75) is 25.3 Å². The lowest BCUT2D eigenvalue weighted by molar-refractivity contribution is 0.210. The highest BCUT2D eigenvalue weighted by Crippen LogP contribution is 2.14. The van der Waals surface area contributed by atoms with Gasteiger partial charge in [-0.1, -0.05) is 36.8 Å². The third kappa shape index (κ3) is 5.63. The zero-order valence-electron chi connectivity index (χ0n) is 14.0. The van der Waals surface area contributed by atoms with Crippen LogP contribution < -0.4 is 4.74 Å². The van der Waals surface area contributed by atoms with Crippen LogP contribution in [0.4, 0.5) is 0 Å².